The molecule has 3 rings (SSSR count). The topological polar surface area (TPSA) is 72.9 Å². The number of aliphatic hydroxyl groups excluding tert-OH is 1. The Kier molecular flexibility index (Phi) is 7.36. The highest BCUT2D eigenvalue weighted by Gasteiger charge is 2.22. The molecule has 2 aromatic rings. The van der Waals surface area contributed by atoms with Crippen molar-refractivity contribution in [1.29, 1.82) is 0 Å². The van der Waals surface area contributed by atoms with Crippen molar-refractivity contribution in [3.63, 3.8) is 0 Å². The fraction of sp³-hybridized carbons (Fsp3) is 0.333. The first-order valence-electron chi connectivity index (χ1n) is 9.49. The number of hydrogen-bond donors (Lipinski definition) is 2. The minimum atomic E-state index is -0.297. The summed E-state index contributed by atoms with van der Waals surface area (Å²) in [6.45, 7) is 1.38. The van der Waals surface area contributed by atoms with Gasteiger partial charge >= 0.3 is 6.03 Å². The molecule has 154 valence electrons. The second-order valence-electron chi connectivity index (χ2n) is 6.88. The number of nitrogens with zero attached hydrogens (tertiary/aromatic N) is 2. The molecular weight excluding hydrogens is 413 g/mol. The van der Waals surface area contributed by atoms with Gasteiger partial charge in [-0.1, -0.05) is 35.3 Å². The first-order valence-corrected chi connectivity index (χ1v) is 10.2. The molecule has 1 fully saturated rings. The fourth-order valence-corrected chi connectivity index (χ4v) is 3.57. The Hall–Kier alpha value is -2.28. The highest BCUT2D eigenvalue weighted by atomic mass is 35.5. The number of nitrogens with one attached hydrogen (secondary N) is 1. The van der Waals surface area contributed by atoms with E-state index < -0.39 is 0 Å². The Balaban J connectivity index is 1.72. The van der Waals surface area contributed by atoms with E-state index in [0.29, 0.717) is 48.2 Å². The zero-order chi connectivity index (χ0) is 20.8. The summed E-state index contributed by atoms with van der Waals surface area (Å²) in [5.41, 5.74) is 2.22. The van der Waals surface area contributed by atoms with E-state index >= 15 is 0 Å². The summed E-state index contributed by atoms with van der Waals surface area (Å²) in [7, 11) is 0. The van der Waals surface area contributed by atoms with Gasteiger partial charge in [0, 0.05) is 44.0 Å². The summed E-state index contributed by atoms with van der Waals surface area (Å²) < 4.78 is 0. The van der Waals surface area contributed by atoms with Crippen LogP contribution in [-0.2, 0) is 11.3 Å². The third-order valence-electron chi connectivity index (χ3n) is 4.71. The van der Waals surface area contributed by atoms with Crippen LogP contribution < -0.4 is 10.2 Å². The summed E-state index contributed by atoms with van der Waals surface area (Å²) in [6, 6.07) is 12.2. The average Bonchev–Trinajstić information content (AvgIpc) is 3.14. The number of carbonyl (C=O) groups excluding carboxylic acids is 2. The van der Waals surface area contributed by atoms with Crippen molar-refractivity contribution >= 4 is 46.5 Å². The number of hydrogen-bond acceptors (Lipinski definition) is 3. The average molecular weight is 436 g/mol. The molecule has 8 heteroatoms. The molecule has 1 heterocycles. The van der Waals surface area contributed by atoms with Crippen molar-refractivity contribution < 1.29 is 14.7 Å². The molecule has 0 aliphatic carbocycles. The lowest BCUT2D eigenvalue weighted by Crippen LogP contribution is -2.35. The SMILES string of the molecule is O=C(Nc1cccc(N2CCCC2=O)c1)N(CCCO)Cc1ccc(Cl)c(Cl)c1. The number of urea groups is 1. The lowest BCUT2D eigenvalue weighted by Gasteiger charge is -2.24. The molecule has 1 aliphatic heterocycles. The maximum atomic E-state index is 12.9. The summed E-state index contributed by atoms with van der Waals surface area (Å²) in [6.07, 6.45) is 1.85. The van der Waals surface area contributed by atoms with Crippen LogP contribution in [0.4, 0.5) is 16.2 Å². The first kappa shape index (κ1) is 21.4. The summed E-state index contributed by atoms with van der Waals surface area (Å²) in [4.78, 5) is 28.2. The van der Waals surface area contributed by atoms with Gasteiger partial charge in [-0.25, -0.2) is 4.79 Å². The molecule has 29 heavy (non-hydrogen) atoms. The second-order valence-corrected chi connectivity index (χ2v) is 7.69. The van der Waals surface area contributed by atoms with Gasteiger partial charge in [0.15, 0.2) is 0 Å². The molecule has 6 nitrogen and oxygen atoms in total. The number of benzene rings is 2. The fourth-order valence-electron chi connectivity index (χ4n) is 3.25. The minimum Gasteiger partial charge on any atom is -0.396 e. The van der Waals surface area contributed by atoms with Crippen molar-refractivity contribution in [1.82, 2.24) is 4.90 Å². The highest BCUT2D eigenvalue weighted by Crippen LogP contribution is 2.25. The van der Waals surface area contributed by atoms with Crippen LogP contribution in [0.5, 0.6) is 0 Å². The first-order chi connectivity index (χ1) is 14.0. The lowest BCUT2D eigenvalue weighted by atomic mass is 10.2. The van der Waals surface area contributed by atoms with Gasteiger partial charge in [0.25, 0.3) is 0 Å². The molecule has 0 saturated carbocycles. The molecule has 0 aromatic heterocycles. The van der Waals surface area contributed by atoms with Gasteiger partial charge in [0.2, 0.25) is 5.91 Å². The maximum absolute atomic E-state index is 12.9. The Morgan fingerprint density at radius 1 is 1.17 bits per heavy atom. The van der Waals surface area contributed by atoms with Crippen LogP contribution in [0.3, 0.4) is 0 Å². The summed E-state index contributed by atoms with van der Waals surface area (Å²) in [5, 5.41) is 12.9. The quantitative estimate of drug-likeness (QED) is 0.670. The van der Waals surface area contributed by atoms with E-state index in [9.17, 15) is 14.7 Å². The van der Waals surface area contributed by atoms with E-state index in [1.807, 2.05) is 18.2 Å². The van der Waals surface area contributed by atoms with Gasteiger partial charge in [0.1, 0.15) is 0 Å². The number of amides is 3. The molecule has 0 bridgehead atoms. The van der Waals surface area contributed by atoms with Crippen LogP contribution in [0.2, 0.25) is 10.0 Å². The molecule has 1 saturated heterocycles. The Labute approximate surface area is 180 Å². The van der Waals surface area contributed by atoms with Crippen molar-refractivity contribution in [3.8, 4) is 0 Å². The largest absolute Gasteiger partial charge is 0.396 e. The Morgan fingerprint density at radius 2 is 2.00 bits per heavy atom. The number of anilines is 2. The van der Waals surface area contributed by atoms with Crippen molar-refractivity contribution in [2.45, 2.75) is 25.8 Å². The van der Waals surface area contributed by atoms with E-state index in [1.54, 1.807) is 34.1 Å². The second kappa shape index (κ2) is 9.96. The van der Waals surface area contributed by atoms with Gasteiger partial charge in [-0.2, -0.15) is 0 Å². The van der Waals surface area contributed by atoms with Gasteiger partial charge in [-0.05, 0) is 48.7 Å². The molecule has 2 N–H and O–H groups in total. The monoisotopic (exact) mass is 435 g/mol. The standard InChI is InChI=1S/C21H23Cl2N3O3/c22-18-8-7-15(12-19(18)23)14-25(9-3-11-27)21(29)24-16-4-1-5-17(13-16)26-10-2-6-20(26)28/h1,4-5,7-8,12-13,27H,2-3,6,9-11,14H2,(H,24,29). The van der Waals surface area contributed by atoms with Gasteiger partial charge in [-0.15, -0.1) is 0 Å². The third-order valence-corrected chi connectivity index (χ3v) is 5.45. The molecule has 0 unspecified atom stereocenters. The van der Waals surface area contributed by atoms with Crippen LogP contribution in [-0.4, -0.2) is 41.6 Å². The van der Waals surface area contributed by atoms with Crippen molar-refractivity contribution in [2.75, 3.05) is 29.9 Å². The maximum Gasteiger partial charge on any atom is 0.322 e. The van der Waals surface area contributed by atoms with Crippen molar-refractivity contribution in [3.05, 3.63) is 58.1 Å². The Morgan fingerprint density at radius 3 is 2.69 bits per heavy atom. The smallest absolute Gasteiger partial charge is 0.322 e. The van der Waals surface area contributed by atoms with Crippen LogP contribution in [0.25, 0.3) is 0 Å². The minimum absolute atomic E-state index is 0.0162. The van der Waals surface area contributed by atoms with Crippen LogP contribution in [0.15, 0.2) is 42.5 Å². The van der Waals surface area contributed by atoms with Crippen molar-refractivity contribution in [2.24, 2.45) is 0 Å². The number of aliphatic hydroxyl groups is 1. The zero-order valence-corrected chi connectivity index (χ0v) is 17.4. The van der Waals surface area contributed by atoms with Crippen LogP contribution in [0.1, 0.15) is 24.8 Å². The molecule has 0 spiro atoms. The van der Waals surface area contributed by atoms with Gasteiger partial charge in [0.05, 0.1) is 10.0 Å². The molecule has 3 amide bonds. The zero-order valence-electron chi connectivity index (χ0n) is 15.9. The number of halogens is 2. The van der Waals surface area contributed by atoms with Gasteiger partial charge < -0.3 is 20.2 Å². The van der Waals surface area contributed by atoms with E-state index in [0.717, 1.165) is 17.7 Å². The van der Waals surface area contributed by atoms with Gasteiger partial charge in [-0.3, -0.25) is 4.79 Å². The van der Waals surface area contributed by atoms with E-state index in [-0.39, 0.29) is 18.5 Å². The molecular formula is C21H23Cl2N3O3. The van der Waals surface area contributed by atoms with E-state index in [1.165, 1.54) is 0 Å². The molecule has 0 radical (unpaired) electrons. The third kappa shape index (κ3) is 5.63. The summed E-state index contributed by atoms with van der Waals surface area (Å²) >= 11 is 12.0. The normalized spacial score (nSPS) is 13.6. The Bertz CT molecular complexity index is 891. The summed E-state index contributed by atoms with van der Waals surface area (Å²) in [5.74, 6) is 0.0951. The van der Waals surface area contributed by atoms with E-state index in [2.05, 4.69) is 5.32 Å². The predicted molar refractivity (Wildman–Crippen MR) is 116 cm³/mol. The van der Waals surface area contributed by atoms with Crippen LogP contribution in [0, 0.1) is 0 Å². The van der Waals surface area contributed by atoms with E-state index in [4.69, 9.17) is 23.2 Å². The molecule has 2 aromatic carbocycles. The predicted octanol–water partition coefficient (Wildman–Crippen LogP) is 4.54. The molecule has 0 atom stereocenters. The lowest BCUT2D eigenvalue weighted by molar-refractivity contribution is -0.117. The van der Waals surface area contributed by atoms with Crippen LogP contribution >= 0.6 is 23.2 Å². The molecule has 1 aliphatic rings. The number of rotatable bonds is 7. The number of carbonyl (C=O) groups is 2. The highest BCUT2D eigenvalue weighted by molar-refractivity contribution is 6.42.